The lowest BCUT2D eigenvalue weighted by atomic mass is 10.0. The molecule has 2 rings (SSSR count). The minimum Gasteiger partial charge on any atom is -0.320 e. The Balaban J connectivity index is 2.26. The first-order chi connectivity index (χ1) is 9.23. The van der Waals surface area contributed by atoms with E-state index in [0.29, 0.717) is 0 Å². The number of hydrogen-bond acceptors (Lipinski definition) is 1. The van der Waals surface area contributed by atoms with E-state index in [-0.39, 0.29) is 11.4 Å². The van der Waals surface area contributed by atoms with Gasteiger partial charge in [-0.15, -0.1) is 0 Å². The first-order valence-corrected chi connectivity index (χ1v) is 7.46. The number of quaternary nitrogens is 1. The number of carbonyl (C=O) groups excluding carboxylic acids is 1. The molecule has 110 valence electrons. The van der Waals surface area contributed by atoms with Gasteiger partial charge in [-0.2, -0.15) is 0 Å². The highest BCUT2D eigenvalue weighted by atomic mass is 16.2. The Kier molecular flexibility index (Phi) is 3.67. The predicted molar refractivity (Wildman–Crippen MR) is 83.9 cm³/mol. The SMILES string of the molecule is CC[N+](C)(C)C1(C(=O)Nc2c(C)cc(C)cc2C)CC1. The van der Waals surface area contributed by atoms with Crippen molar-refractivity contribution >= 4 is 11.6 Å². The summed E-state index contributed by atoms with van der Waals surface area (Å²) in [6.45, 7) is 9.34. The van der Waals surface area contributed by atoms with Gasteiger partial charge in [0.15, 0.2) is 5.54 Å². The number of carbonyl (C=O) groups is 1. The minimum absolute atomic E-state index is 0.180. The van der Waals surface area contributed by atoms with Crippen molar-refractivity contribution in [1.29, 1.82) is 0 Å². The van der Waals surface area contributed by atoms with Crippen LogP contribution in [-0.2, 0) is 4.79 Å². The fourth-order valence-corrected chi connectivity index (χ4v) is 3.14. The highest BCUT2D eigenvalue weighted by molar-refractivity contribution is 6.00. The topological polar surface area (TPSA) is 29.1 Å². The molecule has 0 saturated heterocycles. The second-order valence-corrected chi connectivity index (χ2v) is 6.76. The molecule has 3 heteroatoms. The molecular weight excluding hydrogens is 248 g/mol. The van der Waals surface area contributed by atoms with E-state index in [9.17, 15) is 4.79 Å². The molecule has 1 amide bonds. The Hall–Kier alpha value is -1.35. The van der Waals surface area contributed by atoms with E-state index < -0.39 is 0 Å². The molecule has 0 aliphatic heterocycles. The Morgan fingerprint density at radius 3 is 2.10 bits per heavy atom. The second kappa shape index (κ2) is 4.88. The van der Waals surface area contributed by atoms with Gasteiger partial charge in [0.05, 0.1) is 20.6 Å². The molecule has 20 heavy (non-hydrogen) atoms. The summed E-state index contributed by atoms with van der Waals surface area (Å²) >= 11 is 0. The average molecular weight is 275 g/mol. The van der Waals surface area contributed by atoms with Crippen molar-refractivity contribution in [3.05, 3.63) is 28.8 Å². The lowest BCUT2D eigenvalue weighted by molar-refractivity contribution is -0.914. The van der Waals surface area contributed by atoms with Crippen LogP contribution in [0, 0.1) is 20.8 Å². The molecule has 0 unspecified atom stereocenters. The van der Waals surface area contributed by atoms with Crippen molar-refractivity contribution in [1.82, 2.24) is 0 Å². The second-order valence-electron chi connectivity index (χ2n) is 6.76. The zero-order chi connectivity index (χ0) is 15.1. The maximum absolute atomic E-state index is 12.8. The van der Waals surface area contributed by atoms with Gasteiger partial charge in [-0.3, -0.25) is 4.79 Å². The number of amides is 1. The van der Waals surface area contributed by atoms with E-state index in [0.717, 1.165) is 40.7 Å². The first-order valence-electron chi connectivity index (χ1n) is 7.46. The number of hydrogen-bond donors (Lipinski definition) is 1. The number of benzene rings is 1. The van der Waals surface area contributed by atoms with Crippen molar-refractivity contribution in [2.75, 3.05) is 26.0 Å². The number of nitrogens with zero attached hydrogens (tertiary/aromatic N) is 1. The molecule has 0 heterocycles. The fraction of sp³-hybridized carbons (Fsp3) is 0.588. The smallest absolute Gasteiger partial charge is 0.285 e. The van der Waals surface area contributed by atoms with Crippen LogP contribution in [0.25, 0.3) is 0 Å². The molecule has 0 aromatic heterocycles. The van der Waals surface area contributed by atoms with Gasteiger partial charge in [0.1, 0.15) is 0 Å². The number of anilines is 1. The molecule has 3 nitrogen and oxygen atoms in total. The zero-order valence-electron chi connectivity index (χ0n) is 13.6. The van der Waals surface area contributed by atoms with Gasteiger partial charge in [-0.1, -0.05) is 17.7 Å². The lowest BCUT2D eigenvalue weighted by Crippen LogP contribution is -2.56. The zero-order valence-corrected chi connectivity index (χ0v) is 13.6. The highest BCUT2D eigenvalue weighted by Gasteiger charge is 2.62. The molecule has 1 aliphatic rings. The third-order valence-corrected chi connectivity index (χ3v) is 5.01. The number of aryl methyl sites for hydroxylation is 3. The summed E-state index contributed by atoms with van der Waals surface area (Å²) in [4.78, 5) is 12.8. The summed E-state index contributed by atoms with van der Waals surface area (Å²) in [6, 6.07) is 4.25. The Morgan fingerprint density at radius 2 is 1.70 bits per heavy atom. The molecular formula is C17H27N2O+. The summed E-state index contributed by atoms with van der Waals surface area (Å²) in [5.41, 5.74) is 4.30. The summed E-state index contributed by atoms with van der Waals surface area (Å²) in [6.07, 6.45) is 1.98. The highest BCUT2D eigenvalue weighted by Crippen LogP contribution is 2.46. The van der Waals surface area contributed by atoms with Crippen molar-refractivity contribution in [2.45, 2.75) is 46.1 Å². The van der Waals surface area contributed by atoms with Gasteiger partial charge in [0.25, 0.3) is 5.91 Å². The number of rotatable bonds is 4. The molecule has 1 N–H and O–H groups in total. The maximum Gasteiger partial charge on any atom is 0.285 e. The molecule has 1 saturated carbocycles. The van der Waals surface area contributed by atoms with Crippen LogP contribution in [0.4, 0.5) is 5.69 Å². The molecule has 1 aromatic rings. The molecule has 0 bridgehead atoms. The fourth-order valence-electron chi connectivity index (χ4n) is 3.14. The van der Waals surface area contributed by atoms with Crippen LogP contribution in [0.2, 0.25) is 0 Å². The molecule has 1 aromatic carbocycles. The predicted octanol–water partition coefficient (Wildman–Crippen LogP) is 3.18. The van der Waals surface area contributed by atoms with Crippen LogP contribution in [0.1, 0.15) is 36.5 Å². The van der Waals surface area contributed by atoms with Crippen LogP contribution >= 0.6 is 0 Å². The summed E-state index contributed by atoms with van der Waals surface area (Å²) in [5, 5.41) is 3.19. The van der Waals surface area contributed by atoms with Crippen molar-refractivity contribution in [2.24, 2.45) is 0 Å². The Bertz CT molecular complexity index is 519. The van der Waals surface area contributed by atoms with Crippen molar-refractivity contribution in [3.63, 3.8) is 0 Å². The first kappa shape index (κ1) is 15.0. The van der Waals surface area contributed by atoms with Crippen LogP contribution in [0.3, 0.4) is 0 Å². The molecule has 0 radical (unpaired) electrons. The normalized spacial score (nSPS) is 16.9. The van der Waals surface area contributed by atoms with Crippen molar-refractivity contribution in [3.8, 4) is 0 Å². The Labute approximate surface area is 122 Å². The molecule has 1 fully saturated rings. The van der Waals surface area contributed by atoms with Crippen LogP contribution in [0.15, 0.2) is 12.1 Å². The van der Waals surface area contributed by atoms with Gasteiger partial charge >= 0.3 is 0 Å². The monoisotopic (exact) mass is 275 g/mol. The van der Waals surface area contributed by atoms with Gasteiger partial charge < -0.3 is 9.80 Å². The number of likely N-dealkylation sites (N-methyl/N-ethyl adjacent to an activating group) is 1. The summed E-state index contributed by atoms with van der Waals surface area (Å²) < 4.78 is 0.767. The molecule has 1 aliphatic carbocycles. The van der Waals surface area contributed by atoms with Gasteiger partial charge in [-0.25, -0.2) is 0 Å². The van der Waals surface area contributed by atoms with E-state index in [1.165, 1.54) is 5.56 Å². The third kappa shape index (κ3) is 2.35. The molecule has 0 spiro atoms. The lowest BCUT2D eigenvalue weighted by Gasteiger charge is -2.37. The third-order valence-electron chi connectivity index (χ3n) is 5.01. The summed E-state index contributed by atoms with van der Waals surface area (Å²) in [7, 11) is 4.31. The van der Waals surface area contributed by atoms with E-state index in [1.807, 2.05) is 0 Å². The quantitative estimate of drug-likeness (QED) is 0.840. The standard InChI is InChI=1S/C17H26N2O/c1-7-19(5,6)17(8-9-17)16(20)18-15-13(3)10-12(2)11-14(15)4/h10-11H,7-9H2,1-6H3/p+1. The van der Waals surface area contributed by atoms with E-state index >= 15 is 0 Å². The van der Waals surface area contributed by atoms with E-state index in [4.69, 9.17) is 0 Å². The molecule has 0 atom stereocenters. The van der Waals surface area contributed by atoms with Crippen LogP contribution in [0.5, 0.6) is 0 Å². The number of nitrogens with one attached hydrogen (secondary N) is 1. The van der Waals surface area contributed by atoms with Crippen LogP contribution < -0.4 is 5.32 Å². The Morgan fingerprint density at radius 1 is 1.20 bits per heavy atom. The van der Waals surface area contributed by atoms with Gasteiger partial charge in [-0.05, 0) is 38.8 Å². The minimum atomic E-state index is -0.224. The van der Waals surface area contributed by atoms with Gasteiger partial charge in [0.2, 0.25) is 0 Å². The summed E-state index contributed by atoms with van der Waals surface area (Å²) in [5.74, 6) is 0.180. The largest absolute Gasteiger partial charge is 0.320 e. The van der Waals surface area contributed by atoms with E-state index in [1.54, 1.807) is 0 Å². The van der Waals surface area contributed by atoms with Gasteiger partial charge in [0, 0.05) is 18.5 Å². The average Bonchev–Trinajstić information content (AvgIpc) is 3.15. The van der Waals surface area contributed by atoms with Crippen molar-refractivity contribution < 1.29 is 9.28 Å². The van der Waals surface area contributed by atoms with E-state index in [2.05, 4.69) is 59.2 Å². The van der Waals surface area contributed by atoms with Crippen LogP contribution in [-0.4, -0.2) is 36.6 Å². The maximum atomic E-state index is 12.8.